The highest BCUT2D eigenvalue weighted by Crippen LogP contribution is 2.62. The highest BCUT2D eigenvalue weighted by molar-refractivity contribution is 5.81. The summed E-state index contributed by atoms with van der Waals surface area (Å²) in [5.41, 5.74) is 12.0. The van der Waals surface area contributed by atoms with Crippen molar-refractivity contribution in [2.75, 3.05) is 0 Å². The molecule has 32 heavy (non-hydrogen) atoms. The predicted molar refractivity (Wildman–Crippen MR) is 135 cm³/mol. The third kappa shape index (κ3) is 2.68. The molecule has 0 aromatic heterocycles. The molecule has 0 heterocycles. The van der Waals surface area contributed by atoms with E-state index in [4.69, 9.17) is 0 Å². The number of aryl methyl sites for hydroxylation is 2. The van der Waals surface area contributed by atoms with E-state index in [2.05, 4.69) is 113 Å². The fourth-order valence-electron chi connectivity index (χ4n) is 6.68. The van der Waals surface area contributed by atoms with Gasteiger partial charge in [-0.1, -0.05) is 111 Å². The minimum absolute atomic E-state index is 0.0599. The summed E-state index contributed by atoms with van der Waals surface area (Å²) in [6, 6.07) is 23.7. The lowest BCUT2D eigenvalue weighted by molar-refractivity contribution is 0.323. The van der Waals surface area contributed by atoms with Crippen LogP contribution in [0.3, 0.4) is 0 Å². The summed E-state index contributed by atoms with van der Waals surface area (Å²) >= 11 is 0. The van der Waals surface area contributed by atoms with Crippen molar-refractivity contribution in [1.29, 1.82) is 0 Å². The number of benzene rings is 3. The number of hydrogen-bond donors (Lipinski definition) is 0. The van der Waals surface area contributed by atoms with Gasteiger partial charge in [0, 0.05) is 17.3 Å². The Bertz CT molecular complexity index is 1270. The van der Waals surface area contributed by atoms with Gasteiger partial charge in [0.2, 0.25) is 0 Å². The summed E-state index contributed by atoms with van der Waals surface area (Å²) in [7, 11) is 0. The molecule has 0 aliphatic heterocycles. The van der Waals surface area contributed by atoms with E-state index in [9.17, 15) is 0 Å². The van der Waals surface area contributed by atoms with Crippen molar-refractivity contribution in [2.45, 2.75) is 57.3 Å². The van der Waals surface area contributed by atoms with Crippen molar-refractivity contribution < 1.29 is 0 Å². The molecule has 3 aliphatic carbocycles. The van der Waals surface area contributed by atoms with E-state index < -0.39 is 0 Å². The molecule has 3 aromatic rings. The summed E-state index contributed by atoms with van der Waals surface area (Å²) in [5, 5.41) is 0. The normalized spacial score (nSPS) is 23.4. The largest absolute Gasteiger partial charge is 0.0767 e. The summed E-state index contributed by atoms with van der Waals surface area (Å²) in [6.07, 6.45) is 11.8. The van der Waals surface area contributed by atoms with Crippen LogP contribution in [0.2, 0.25) is 0 Å². The second-order valence-corrected chi connectivity index (χ2v) is 11.1. The fourth-order valence-corrected chi connectivity index (χ4v) is 6.68. The second kappa shape index (κ2) is 6.82. The van der Waals surface area contributed by atoms with Crippen LogP contribution >= 0.6 is 0 Å². The molecule has 0 radical (unpaired) electrons. The van der Waals surface area contributed by atoms with E-state index in [-0.39, 0.29) is 10.8 Å². The van der Waals surface area contributed by atoms with Crippen LogP contribution in [0.15, 0.2) is 85.0 Å². The van der Waals surface area contributed by atoms with Crippen molar-refractivity contribution in [1.82, 2.24) is 0 Å². The van der Waals surface area contributed by atoms with E-state index in [1.807, 2.05) is 0 Å². The lowest BCUT2D eigenvalue weighted by Crippen LogP contribution is -2.37. The quantitative estimate of drug-likeness (QED) is 0.396. The van der Waals surface area contributed by atoms with Gasteiger partial charge in [-0.05, 0) is 64.1 Å². The van der Waals surface area contributed by atoms with Gasteiger partial charge in [0.25, 0.3) is 0 Å². The zero-order valence-corrected chi connectivity index (χ0v) is 19.7. The summed E-state index contributed by atoms with van der Waals surface area (Å²) < 4.78 is 0. The highest BCUT2D eigenvalue weighted by Gasteiger charge is 2.53. The van der Waals surface area contributed by atoms with Gasteiger partial charge in [0.1, 0.15) is 0 Å². The number of hydrogen-bond acceptors (Lipinski definition) is 0. The first-order valence-electron chi connectivity index (χ1n) is 12.1. The van der Waals surface area contributed by atoms with Gasteiger partial charge >= 0.3 is 0 Å². The van der Waals surface area contributed by atoms with E-state index in [1.54, 1.807) is 5.56 Å². The van der Waals surface area contributed by atoms with Crippen LogP contribution in [0.1, 0.15) is 66.5 Å². The Hall–Kier alpha value is -2.86. The van der Waals surface area contributed by atoms with E-state index in [0.29, 0.717) is 11.8 Å². The topological polar surface area (TPSA) is 0 Å². The Morgan fingerprint density at radius 3 is 2.25 bits per heavy atom. The summed E-state index contributed by atoms with van der Waals surface area (Å²) in [4.78, 5) is 0. The Kier molecular flexibility index (Phi) is 4.22. The monoisotopic (exact) mass is 416 g/mol. The molecule has 0 N–H and O–H groups in total. The molecule has 160 valence electrons. The van der Waals surface area contributed by atoms with Gasteiger partial charge in [-0.2, -0.15) is 0 Å². The SMILES string of the molecule is Cc1ccc2c(c1)C(C1(C3C=CC=C3)CCc3ccccc31)c1cc(C(C)(C)C)ccc1-2. The second-order valence-electron chi connectivity index (χ2n) is 11.1. The van der Waals surface area contributed by atoms with Gasteiger partial charge < -0.3 is 0 Å². The predicted octanol–water partition coefficient (Wildman–Crippen LogP) is 8.03. The third-order valence-electron chi connectivity index (χ3n) is 8.22. The van der Waals surface area contributed by atoms with Crippen molar-refractivity contribution >= 4 is 0 Å². The molecular weight excluding hydrogens is 384 g/mol. The van der Waals surface area contributed by atoms with Crippen molar-refractivity contribution in [3.8, 4) is 11.1 Å². The summed E-state index contributed by atoms with van der Waals surface area (Å²) in [5.74, 6) is 0.796. The van der Waals surface area contributed by atoms with Crippen LogP contribution < -0.4 is 0 Å². The van der Waals surface area contributed by atoms with Crippen LogP contribution in [0.25, 0.3) is 11.1 Å². The Morgan fingerprint density at radius 1 is 0.812 bits per heavy atom. The number of rotatable bonds is 2. The third-order valence-corrected chi connectivity index (χ3v) is 8.22. The van der Waals surface area contributed by atoms with Gasteiger partial charge in [-0.15, -0.1) is 0 Å². The molecule has 2 unspecified atom stereocenters. The average molecular weight is 417 g/mol. The minimum atomic E-state index is 0.0599. The molecule has 3 aromatic carbocycles. The first kappa shape index (κ1) is 19.8. The van der Waals surface area contributed by atoms with Crippen molar-refractivity contribution in [3.05, 3.63) is 118 Å². The van der Waals surface area contributed by atoms with E-state index >= 15 is 0 Å². The molecule has 0 nitrogen and oxygen atoms in total. The molecule has 0 fully saturated rings. The standard InChI is InChI=1S/C32H32/c1-21-13-15-25-26-16-14-24(31(2,3)4)20-28(26)30(27(25)19-21)32(23-10-6-7-11-23)18-17-22-9-5-8-12-29(22)32/h5-16,19-20,23,30H,17-18H2,1-4H3. The smallest absolute Gasteiger partial charge is 0.0208 e. The zero-order chi connectivity index (χ0) is 22.1. The maximum absolute atomic E-state index is 2.54. The molecular formula is C32H32. The van der Waals surface area contributed by atoms with E-state index in [1.165, 1.54) is 51.8 Å². The Balaban J connectivity index is 1.68. The van der Waals surface area contributed by atoms with Crippen LogP contribution in [-0.2, 0) is 17.3 Å². The molecule has 0 heteroatoms. The van der Waals surface area contributed by atoms with Crippen LogP contribution in [0.4, 0.5) is 0 Å². The van der Waals surface area contributed by atoms with Crippen molar-refractivity contribution in [2.24, 2.45) is 5.92 Å². The summed E-state index contributed by atoms with van der Waals surface area (Å²) in [6.45, 7) is 9.24. The molecule has 0 bridgehead atoms. The molecule has 3 aliphatic rings. The first-order valence-corrected chi connectivity index (χ1v) is 12.1. The van der Waals surface area contributed by atoms with E-state index in [0.717, 1.165) is 0 Å². The Labute approximate surface area is 192 Å². The fraction of sp³-hybridized carbons (Fsp3) is 0.312. The average Bonchev–Trinajstić information content (AvgIpc) is 3.49. The maximum Gasteiger partial charge on any atom is 0.0208 e. The highest BCUT2D eigenvalue weighted by atomic mass is 14.5. The lowest BCUT2D eigenvalue weighted by atomic mass is 9.60. The minimum Gasteiger partial charge on any atom is -0.0767 e. The van der Waals surface area contributed by atoms with Gasteiger partial charge in [-0.25, -0.2) is 0 Å². The molecule has 2 atom stereocenters. The zero-order valence-electron chi connectivity index (χ0n) is 19.7. The number of allylic oxidation sites excluding steroid dienone is 4. The molecule has 6 rings (SSSR count). The molecule has 0 saturated carbocycles. The van der Waals surface area contributed by atoms with Crippen LogP contribution in [0, 0.1) is 12.8 Å². The first-order chi connectivity index (χ1) is 15.4. The maximum atomic E-state index is 2.54. The van der Waals surface area contributed by atoms with Crippen LogP contribution in [0.5, 0.6) is 0 Å². The molecule has 0 saturated heterocycles. The molecule has 0 amide bonds. The number of fused-ring (bicyclic) bond motifs is 4. The Morgan fingerprint density at radius 2 is 1.50 bits per heavy atom. The van der Waals surface area contributed by atoms with Gasteiger partial charge in [-0.3, -0.25) is 0 Å². The van der Waals surface area contributed by atoms with Crippen LogP contribution in [-0.4, -0.2) is 0 Å². The lowest BCUT2D eigenvalue weighted by Gasteiger charge is -2.42. The molecule has 0 spiro atoms. The van der Waals surface area contributed by atoms with Gasteiger partial charge in [0.15, 0.2) is 0 Å². The van der Waals surface area contributed by atoms with Gasteiger partial charge in [0.05, 0.1) is 0 Å². The van der Waals surface area contributed by atoms with Crippen molar-refractivity contribution in [3.63, 3.8) is 0 Å².